The van der Waals surface area contributed by atoms with Crippen LogP contribution in [-0.2, 0) is 217 Å². The van der Waals surface area contributed by atoms with Crippen molar-refractivity contribution in [1.82, 2.24) is 0 Å². The molecular formula is C52H120BrO50P30+17. The van der Waals surface area contributed by atoms with Gasteiger partial charge in [-0.1, -0.05) is 164 Å². The number of aliphatic hydroxyl groups excluding tert-OH is 1. The van der Waals surface area contributed by atoms with Crippen LogP contribution >= 0.6 is 255 Å². The minimum Gasteiger partial charge on any atom is -0.392 e. The highest BCUT2D eigenvalue weighted by Gasteiger charge is 2.45. The van der Waals surface area contributed by atoms with Gasteiger partial charge in [-0.3, -0.25) is 41.1 Å². The molecule has 1 aromatic carbocycles. The van der Waals surface area contributed by atoms with Gasteiger partial charge >= 0.3 is 212 Å². The van der Waals surface area contributed by atoms with E-state index >= 15 is 0 Å². The van der Waals surface area contributed by atoms with E-state index in [0.29, 0.717) is 6.16 Å². The second-order valence-corrected chi connectivity index (χ2v) is 67.4. The lowest BCUT2D eigenvalue weighted by molar-refractivity contribution is 0.255. The van der Waals surface area contributed by atoms with Crippen molar-refractivity contribution in [2.75, 3.05) is 196 Å². The summed E-state index contributed by atoms with van der Waals surface area (Å²) in [7, 11) is -67.2. The molecule has 133 heavy (non-hydrogen) atoms. The summed E-state index contributed by atoms with van der Waals surface area (Å²) in [6.45, 7) is 42.0. The first-order chi connectivity index (χ1) is 61.1. The molecule has 0 aromatic heterocycles. The van der Waals surface area contributed by atoms with Gasteiger partial charge in [-0.2, -0.15) is 19.7 Å². The number of hydrogen-bond donors (Lipinski definition) is 3. The van der Waals surface area contributed by atoms with Gasteiger partial charge < -0.3 is 23.9 Å². The molecule has 22 atom stereocenters. The summed E-state index contributed by atoms with van der Waals surface area (Å²) in [6, 6.07) is 9.28. The molecular weight excluding hydrogens is 2430 g/mol. The predicted octanol–water partition coefficient (Wildman–Crippen LogP) is 29.5. The topological polar surface area (TPSA) is 714 Å². The Kier molecular flexibility index (Phi) is 103. The van der Waals surface area contributed by atoms with Crippen molar-refractivity contribution in [1.29, 1.82) is 2.56 Å². The fourth-order valence-corrected chi connectivity index (χ4v) is 39.8. The molecule has 0 fully saturated rings. The second kappa shape index (κ2) is 88.2. The number of benzene rings is 1. The third-order valence-electron chi connectivity index (χ3n) is 8.83. The zero-order valence-corrected chi connectivity index (χ0v) is 105. The minimum atomic E-state index is -3.63. The summed E-state index contributed by atoms with van der Waals surface area (Å²) in [6.07, 6.45) is 12.1. The Morgan fingerprint density at radius 2 is 0.556 bits per heavy atom. The summed E-state index contributed by atoms with van der Waals surface area (Å²) in [5, 5.41) is 9.18. The number of rotatable bonds is 52. The molecule has 0 saturated heterocycles. The van der Waals surface area contributed by atoms with Gasteiger partial charge in [-0.25, -0.2) is 9.13 Å². The Bertz CT molecular complexity index is 4360. The Balaban J connectivity index is -0.000000123. The fraction of sp³-hybridized carbons (Fsp3) is 0.615. The van der Waals surface area contributed by atoms with Crippen LogP contribution in [0.4, 0.5) is 0 Å². The number of hydrogen-bond acceptors (Lipinski definition) is 48. The van der Waals surface area contributed by atoms with E-state index < -0.39 is 220 Å². The molecule has 0 amide bonds. The van der Waals surface area contributed by atoms with Gasteiger partial charge in [0.1, 0.15) is 0 Å². The van der Waals surface area contributed by atoms with Gasteiger partial charge in [-0.15, -0.1) is 13.2 Å². The lowest BCUT2D eigenvalue weighted by Gasteiger charge is -2.05. The predicted molar refractivity (Wildman–Crippen MR) is 546 cm³/mol. The molecule has 0 aliphatic rings. The van der Waals surface area contributed by atoms with Crippen LogP contribution in [0.25, 0.3) is 0 Å². The van der Waals surface area contributed by atoms with Crippen molar-refractivity contribution in [3.63, 3.8) is 0 Å². The molecule has 81 heteroatoms. The third-order valence-corrected chi connectivity index (χ3v) is 48.4. The molecule has 0 spiro atoms. The maximum absolute atomic E-state index is 11.8. The SMILES string of the molecule is C/C=C/CP(=O)(O[P+](C)=O)O[P+](C)=O.C=CCP(=O)(O[P+](C)=O)O[P+](C)=O.C=CCP(=O)(O[P+](C)=O)O[P+](C)=O.C=CP(=O)(O[P+](C)=O)O[P+](C)=O.C=CP(=O)(O[P+](C)=O)O[P+](C)=O.COP(C)(=O)O.CP(=O)(O)OCc1ccccc1.C[P+](=O)OP(=O)(C/C=C/CO)O[P+](C)=O.C[P+](=O)OP(C)(=O)C/C=C/CBr.C[P+](=O)OP(C)(=O)O[P+](C)=O.C[P+](=O)OP(C)(=O)O[P+](C)=O.[2H]P.[2H]P. The van der Waals surface area contributed by atoms with E-state index in [4.69, 9.17) is 26.3 Å². The summed E-state index contributed by atoms with van der Waals surface area (Å²) >= 11 is 3.19. The van der Waals surface area contributed by atoms with Crippen molar-refractivity contribution in [2.24, 2.45) is 0 Å². The van der Waals surface area contributed by atoms with Gasteiger partial charge in [0.05, 0.1) is 40.4 Å². The van der Waals surface area contributed by atoms with Gasteiger partial charge in [0.2, 0.25) is 0 Å². The van der Waals surface area contributed by atoms with Gasteiger partial charge in [0, 0.05) is 63.6 Å². The lowest BCUT2D eigenvalue weighted by atomic mass is 10.2. The van der Waals surface area contributed by atoms with E-state index in [1.165, 1.54) is 158 Å². The first kappa shape index (κ1) is 155. The van der Waals surface area contributed by atoms with Crippen molar-refractivity contribution >= 4 is 255 Å². The van der Waals surface area contributed by atoms with Crippen molar-refractivity contribution in [3.8, 4) is 0 Å². The monoisotopic (exact) mass is 2550 g/mol. The molecule has 1 rings (SSSR count). The van der Waals surface area contributed by atoms with Gasteiger partial charge in [0.25, 0.3) is 7.37 Å². The largest absolute Gasteiger partial charge is 0.514 e. The maximum atomic E-state index is 11.8. The highest BCUT2D eigenvalue weighted by molar-refractivity contribution is 9.09. The van der Waals surface area contributed by atoms with Crippen LogP contribution in [0.3, 0.4) is 0 Å². The molecule has 0 aliphatic carbocycles. The normalized spacial score (nSPS) is 17.6. The smallest absolute Gasteiger partial charge is 0.392 e. The summed E-state index contributed by atoms with van der Waals surface area (Å²) in [4.78, 5) is 17.0. The minimum absolute atomic E-state index is 0.0205. The van der Waals surface area contributed by atoms with Crippen molar-refractivity contribution in [3.05, 3.63) is 122 Å². The van der Waals surface area contributed by atoms with Crippen molar-refractivity contribution in [2.45, 2.75) is 13.5 Å². The summed E-state index contributed by atoms with van der Waals surface area (Å²) < 4.78 is 401. The van der Waals surface area contributed by atoms with E-state index in [1.807, 2.05) is 36.4 Å². The third kappa shape index (κ3) is 128. The molecule has 0 heterocycles. The Morgan fingerprint density at radius 1 is 0.338 bits per heavy atom. The molecule has 22 unspecified atom stereocenters. The van der Waals surface area contributed by atoms with Crippen LogP contribution in [0.2, 0.25) is 0 Å². The lowest BCUT2D eigenvalue weighted by Crippen LogP contribution is -1.89. The molecule has 0 radical (unpaired) electrons. The Hall–Kier alpha value is 2.09. The zero-order chi connectivity index (χ0) is 110. The molecule has 768 valence electrons. The summed E-state index contributed by atoms with van der Waals surface area (Å²) in [5.41, 5.74) is 0.897. The summed E-state index contributed by atoms with van der Waals surface area (Å²) in [5.74, 6) is 1.75. The van der Waals surface area contributed by atoms with Crippen molar-refractivity contribution < 1.29 is 225 Å². The Morgan fingerprint density at radius 3 is 0.737 bits per heavy atom. The van der Waals surface area contributed by atoms with Crippen LogP contribution in [0.5, 0.6) is 0 Å². The first-order valence-electron chi connectivity index (χ1n) is 34.8. The average molecular weight is 2560 g/mol. The standard InChI is InChI=1S/C8H11O3P.C6H12BrO3P2.C6H13O6P3.C6H13O5P3.2C5H11O5P3.2C4H9O5P3.2C3H9O5P3.C2H7O3P.2H3P/c1-12(9,10)11-7-8-5-3-2-4-6-8;1-11(8)10-12(2,9)6-4-3-5-7;1-13(8)11-15(10,12-14(2)9)6-4-3-5-7;1-4-5-6-14(9,10-12(2)7)11-13(3)8;2*1-4-5-13(8,9-11(2)6)10-12(3)7;2*1-4-12(7,8-10(2)5)9-11(3)6;2*1-9(4)7-11(3,6)8-10(2)5;1-5-6(2,3)4;;/h2-6H,7H2,1H3,(H,9,10);3-4H,5-6H2,1-2H3;3-4,7H,5-6H2,1-2H3;4-5H,6H2,1-3H3;2*4H,1,5H2,2-3H3;2*4H,1H2,2-3H3;2*1-3H3;1-2H3,(H,3,4);2*1H3/q;+1;8*+2;;;/b;2*4-3+;5-4+;;;;;;;;;/i;;;;;;;;;;;2*1D. The van der Waals surface area contributed by atoms with E-state index in [0.717, 1.165) is 42.5 Å². The highest BCUT2D eigenvalue weighted by Crippen LogP contribution is 2.65. The molecule has 0 bridgehead atoms. The maximum Gasteiger partial charge on any atom is 0.514 e. The number of halogens is 1. The molecule has 0 saturated carbocycles. The van der Waals surface area contributed by atoms with Gasteiger partial charge in [-0.05, 0) is 107 Å². The average Bonchev–Trinajstić information content (AvgIpc) is 1.80. The molecule has 0 aliphatic heterocycles. The number of alkyl halides is 1. The quantitative estimate of drug-likeness (QED) is 0.0310. The number of aliphatic hydroxyl groups is 1. The van der Waals surface area contributed by atoms with E-state index in [9.17, 15) is 128 Å². The van der Waals surface area contributed by atoms with Crippen LogP contribution in [0, 0.1) is 0 Å². The fourth-order valence-electron chi connectivity index (χ4n) is 5.60. The number of allylic oxidation sites excluding steroid dienone is 7. The highest BCUT2D eigenvalue weighted by atomic mass is 79.9. The van der Waals surface area contributed by atoms with E-state index in [1.54, 1.807) is 44.8 Å². The first-order valence-corrected chi connectivity index (χ1v) is 82.8. The zero-order valence-electron chi connectivity index (χ0n) is 78.2. The molecule has 1 aromatic rings. The molecule has 50 nitrogen and oxygen atoms in total. The van der Waals surface area contributed by atoms with E-state index in [-0.39, 0.29) is 37.9 Å². The van der Waals surface area contributed by atoms with Crippen LogP contribution < -0.4 is 0 Å². The van der Waals surface area contributed by atoms with Crippen LogP contribution in [0.1, 0.15) is 12.5 Å². The Labute approximate surface area is 809 Å². The van der Waals surface area contributed by atoms with Gasteiger partial charge in [0.15, 0.2) is 113 Å². The van der Waals surface area contributed by atoms with E-state index in [2.05, 4.69) is 116 Å². The van der Waals surface area contributed by atoms with Crippen LogP contribution in [-0.4, -0.2) is 214 Å². The van der Waals surface area contributed by atoms with Crippen LogP contribution in [0.15, 0.2) is 117 Å². The molecule has 3 N–H and O–H groups in total. The second-order valence-electron chi connectivity index (χ2n) is 22.2.